The van der Waals surface area contributed by atoms with Crippen molar-refractivity contribution in [3.8, 4) is 5.75 Å². The summed E-state index contributed by atoms with van der Waals surface area (Å²) in [6.07, 6.45) is 1.40. The van der Waals surface area contributed by atoms with Crippen LogP contribution in [0.1, 0.15) is 29.9 Å². The molecule has 3 aromatic rings. The summed E-state index contributed by atoms with van der Waals surface area (Å²) in [4.78, 5) is 23.3. The number of hydrogen-bond donors (Lipinski definition) is 1. The second-order valence-corrected chi connectivity index (χ2v) is 6.66. The summed E-state index contributed by atoms with van der Waals surface area (Å²) < 4.78 is 5.24. The Kier molecular flexibility index (Phi) is 6.22. The number of nitrogens with zero attached hydrogens (tertiary/aromatic N) is 3. The van der Waals surface area contributed by atoms with E-state index in [1.54, 1.807) is 18.1 Å². The van der Waals surface area contributed by atoms with Gasteiger partial charge in [-0.25, -0.2) is 9.97 Å². The fraction of sp³-hybridized carbons (Fsp3) is 0.227. The molecule has 0 bridgehead atoms. The first-order valence-electron chi connectivity index (χ1n) is 9.15. The summed E-state index contributed by atoms with van der Waals surface area (Å²) in [6.45, 7) is 4.52. The topological polar surface area (TPSA) is 67.3 Å². The van der Waals surface area contributed by atoms with Crippen molar-refractivity contribution in [1.29, 1.82) is 0 Å². The van der Waals surface area contributed by atoms with Crippen LogP contribution in [0.5, 0.6) is 5.75 Å². The molecular weight excluding hydrogens is 352 g/mol. The number of aromatic nitrogens is 2. The van der Waals surface area contributed by atoms with E-state index in [0.29, 0.717) is 18.1 Å². The second kappa shape index (κ2) is 8.99. The molecule has 1 aromatic heterocycles. The van der Waals surface area contributed by atoms with Gasteiger partial charge in [0.05, 0.1) is 7.11 Å². The number of ether oxygens (including phenoxy) is 1. The van der Waals surface area contributed by atoms with E-state index in [-0.39, 0.29) is 11.9 Å². The molecule has 0 saturated heterocycles. The van der Waals surface area contributed by atoms with Crippen molar-refractivity contribution in [1.82, 2.24) is 14.9 Å². The third-order valence-corrected chi connectivity index (χ3v) is 4.31. The summed E-state index contributed by atoms with van der Waals surface area (Å²) in [5.41, 5.74) is 2.25. The highest BCUT2D eigenvalue weighted by Gasteiger charge is 2.21. The molecular formula is C22H24N4O2. The van der Waals surface area contributed by atoms with Crippen LogP contribution in [0.2, 0.25) is 0 Å². The Labute approximate surface area is 165 Å². The molecule has 0 aliphatic rings. The van der Waals surface area contributed by atoms with E-state index in [9.17, 15) is 4.79 Å². The van der Waals surface area contributed by atoms with Crippen molar-refractivity contribution in [2.45, 2.75) is 26.4 Å². The molecule has 0 atom stereocenters. The minimum Gasteiger partial charge on any atom is -0.497 e. The molecule has 3 rings (SSSR count). The monoisotopic (exact) mass is 376 g/mol. The van der Waals surface area contributed by atoms with E-state index in [1.807, 2.05) is 68.4 Å². The predicted molar refractivity (Wildman–Crippen MR) is 110 cm³/mol. The van der Waals surface area contributed by atoms with Crippen LogP contribution < -0.4 is 10.1 Å². The van der Waals surface area contributed by atoms with Crippen LogP contribution in [-0.4, -0.2) is 33.9 Å². The zero-order valence-corrected chi connectivity index (χ0v) is 16.3. The molecule has 0 saturated carbocycles. The number of methoxy groups -OCH3 is 1. The standard InChI is InChI=1S/C22H24N4O2/c1-16(2)26(14-17-8-5-4-6-9-17)22(27)20-13-21(24-15-23-20)25-18-10-7-11-19(12-18)28-3/h4-13,15-16H,14H2,1-3H3,(H,23,24,25). The van der Waals surface area contributed by atoms with Crippen molar-refractivity contribution in [3.05, 3.63) is 78.2 Å². The zero-order chi connectivity index (χ0) is 19.9. The fourth-order valence-electron chi connectivity index (χ4n) is 2.81. The number of hydrogen-bond acceptors (Lipinski definition) is 5. The Morgan fingerprint density at radius 2 is 1.86 bits per heavy atom. The van der Waals surface area contributed by atoms with Gasteiger partial charge in [-0.15, -0.1) is 0 Å². The van der Waals surface area contributed by atoms with Crippen molar-refractivity contribution < 1.29 is 9.53 Å². The molecule has 0 spiro atoms. The van der Waals surface area contributed by atoms with Gasteiger partial charge in [0.25, 0.3) is 5.91 Å². The minimum atomic E-state index is -0.130. The van der Waals surface area contributed by atoms with E-state index in [4.69, 9.17) is 4.74 Å². The molecule has 1 heterocycles. The van der Waals surface area contributed by atoms with Gasteiger partial charge in [-0.3, -0.25) is 4.79 Å². The lowest BCUT2D eigenvalue weighted by atomic mass is 10.1. The first kappa shape index (κ1) is 19.4. The SMILES string of the molecule is COc1cccc(Nc2cc(C(=O)N(Cc3ccccc3)C(C)C)ncn2)c1. The summed E-state index contributed by atoms with van der Waals surface area (Å²) in [5.74, 6) is 1.16. The Bertz CT molecular complexity index is 929. The summed E-state index contributed by atoms with van der Waals surface area (Å²) in [5, 5.41) is 3.19. The van der Waals surface area contributed by atoms with Crippen LogP contribution in [0.15, 0.2) is 67.0 Å². The average molecular weight is 376 g/mol. The highest BCUT2D eigenvalue weighted by molar-refractivity contribution is 5.93. The number of benzene rings is 2. The molecule has 0 aliphatic heterocycles. The molecule has 0 fully saturated rings. The third-order valence-electron chi connectivity index (χ3n) is 4.31. The van der Waals surface area contributed by atoms with Gasteiger partial charge in [-0.1, -0.05) is 36.4 Å². The van der Waals surface area contributed by atoms with Crippen LogP contribution in [0.3, 0.4) is 0 Å². The maximum Gasteiger partial charge on any atom is 0.273 e. The van der Waals surface area contributed by atoms with Gasteiger partial charge in [0, 0.05) is 30.4 Å². The maximum absolute atomic E-state index is 13.1. The van der Waals surface area contributed by atoms with Crippen molar-refractivity contribution in [2.24, 2.45) is 0 Å². The maximum atomic E-state index is 13.1. The average Bonchev–Trinajstić information content (AvgIpc) is 2.72. The molecule has 6 nitrogen and oxygen atoms in total. The smallest absolute Gasteiger partial charge is 0.273 e. The van der Waals surface area contributed by atoms with Crippen LogP contribution in [0.4, 0.5) is 11.5 Å². The lowest BCUT2D eigenvalue weighted by Crippen LogP contribution is -2.36. The number of nitrogens with one attached hydrogen (secondary N) is 1. The van der Waals surface area contributed by atoms with Crippen LogP contribution in [-0.2, 0) is 6.54 Å². The summed E-state index contributed by atoms with van der Waals surface area (Å²) >= 11 is 0. The fourth-order valence-corrected chi connectivity index (χ4v) is 2.81. The van der Waals surface area contributed by atoms with E-state index in [0.717, 1.165) is 17.0 Å². The number of amides is 1. The Hall–Kier alpha value is -3.41. The number of carbonyl (C=O) groups is 1. The van der Waals surface area contributed by atoms with Gasteiger partial charge in [0.15, 0.2) is 0 Å². The largest absolute Gasteiger partial charge is 0.497 e. The highest BCUT2D eigenvalue weighted by atomic mass is 16.5. The second-order valence-electron chi connectivity index (χ2n) is 6.66. The van der Waals surface area contributed by atoms with E-state index >= 15 is 0 Å². The van der Waals surface area contributed by atoms with Crippen LogP contribution in [0, 0.1) is 0 Å². The van der Waals surface area contributed by atoms with Gasteiger partial charge < -0.3 is 15.0 Å². The molecule has 6 heteroatoms. The Morgan fingerprint density at radius 1 is 1.07 bits per heavy atom. The lowest BCUT2D eigenvalue weighted by Gasteiger charge is -2.26. The Morgan fingerprint density at radius 3 is 2.57 bits per heavy atom. The van der Waals surface area contributed by atoms with Gasteiger partial charge in [-0.05, 0) is 31.5 Å². The Balaban J connectivity index is 1.79. The molecule has 0 aliphatic carbocycles. The molecule has 1 N–H and O–H groups in total. The van der Waals surface area contributed by atoms with E-state index in [1.165, 1.54) is 6.33 Å². The van der Waals surface area contributed by atoms with Crippen molar-refractivity contribution in [2.75, 3.05) is 12.4 Å². The summed E-state index contributed by atoms with van der Waals surface area (Å²) in [6, 6.07) is 19.2. The summed E-state index contributed by atoms with van der Waals surface area (Å²) in [7, 11) is 1.62. The zero-order valence-electron chi connectivity index (χ0n) is 16.3. The predicted octanol–water partition coefficient (Wildman–Crippen LogP) is 4.28. The molecule has 2 aromatic carbocycles. The van der Waals surface area contributed by atoms with Gasteiger partial charge in [0.2, 0.25) is 0 Å². The molecule has 1 amide bonds. The molecule has 0 unspecified atom stereocenters. The van der Waals surface area contributed by atoms with Gasteiger partial charge in [-0.2, -0.15) is 0 Å². The highest BCUT2D eigenvalue weighted by Crippen LogP contribution is 2.21. The normalized spacial score (nSPS) is 10.6. The third kappa shape index (κ3) is 4.85. The van der Waals surface area contributed by atoms with Crippen molar-refractivity contribution in [3.63, 3.8) is 0 Å². The quantitative estimate of drug-likeness (QED) is 0.667. The van der Waals surface area contributed by atoms with Gasteiger partial charge >= 0.3 is 0 Å². The number of rotatable bonds is 7. The van der Waals surface area contributed by atoms with E-state index < -0.39 is 0 Å². The van der Waals surface area contributed by atoms with Crippen LogP contribution in [0.25, 0.3) is 0 Å². The first-order valence-corrected chi connectivity index (χ1v) is 9.15. The van der Waals surface area contributed by atoms with Crippen molar-refractivity contribution >= 4 is 17.4 Å². The molecule has 0 radical (unpaired) electrons. The molecule has 144 valence electrons. The number of anilines is 2. The van der Waals surface area contributed by atoms with E-state index in [2.05, 4.69) is 15.3 Å². The number of carbonyl (C=O) groups excluding carboxylic acids is 1. The van der Waals surface area contributed by atoms with Crippen LogP contribution >= 0.6 is 0 Å². The first-order chi connectivity index (χ1) is 13.6. The minimum absolute atomic E-state index is 0.0393. The molecule has 28 heavy (non-hydrogen) atoms. The van der Waals surface area contributed by atoms with Gasteiger partial charge in [0.1, 0.15) is 23.6 Å². The lowest BCUT2D eigenvalue weighted by molar-refractivity contribution is 0.0684.